The summed E-state index contributed by atoms with van der Waals surface area (Å²) in [4.78, 5) is 0.305. The minimum absolute atomic E-state index is 0.0821. The smallest absolute Gasteiger partial charge is 0.240 e. The van der Waals surface area contributed by atoms with Gasteiger partial charge in [-0.1, -0.05) is 32.0 Å². The fraction of sp³-hybridized carbons (Fsp3) is 0.538. The van der Waals surface area contributed by atoms with E-state index in [0.29, 0.717) is 18.0 Å². The van der Waals surface area contributed by atoms with Gasteiger partial charge in [-0.05, 0) is 36.9 Å². The van der Waals surface area contributed by atoms with Gasteiger partial charge in [0.05, 0.1) is 4.90 Å². The Morgan fingerprint density at radius 3 is 2.39 bits per heavy atom. The van der Waals surface area contributed by atoms with E-state index in [4.69, 9.17) is 5.73 Å². The van der Waals surface area contributed by atoms with Crippen LogP contribution in [0.25, 0.3) is 0 Å². The van der Waals surface area contributed by atoms with Gasteiger partial charge in [-0.3, -0.25) is 0 Å². The lowest BCUT2D eigenvalue weighted by Crippen LogP contribution is -2.34. The van der Waals surface area contributed by atoms with E-state index < -0.39 is 10.0 Å². The summed E-state index contributed by atoms with van der Waals surface area (Å²) in [5.74, 6) is 0. The van der Waals surface area contributed by atoms with Crippen molar-refractivity contribution >= 4 is 10.0 Å². The van der Waals surface area contributed by atoms with Crippen LogP contribution in [0.15, 0.2) is 35.2 Å². The largest absolute Gasteiger partial charge is 0.330 e. The zero-order chi connectivity index (χ0) is 13.6. The Hall–Kier alpha value is -0.910. The molecule has 102 valence electrons. The summed E-state index contributed by atoms with van der Waals surface area (Å²) >= 11 is 0. The molecular weight excluding hydrogens is 248 g/mol. The molecule has 18 heavy (non-hydrogen) atoms. The van der Waals surface area contributed by atoms with Crippen molar-refractivity contribution in [3.8, 4) is 0 Å². The first-order valence-electron chi connectivity index (χ1n) is 6.12. The summed E-state index contributed by atoms with van der Waals surface area (Å²) in [6.45, 7) is 5.13. The SMILES string of the molecule is CC(C)(CCCN)CNS(=O)(=O)c1ccccc1. The maximum atomic E-state index is 12.0. The predicted octanol–water partition coefficient (Wildman–Crippen LogP) is 1.73. The van der Waals surface area contributed by atoms with E-state index in [0.717, 1.165) is 12.8 Å². The molecule has 0 spiro atoms. The van der Waals surface area contributed by atoms with Crippen LogP contribution in [0, 0.1) is 5.41 Å². The first kappa shape index (κ1) is 15.1. The van der Waals surface area contributed by atoms with Crippen LogP contribution in [0.5, 0.6) is 0 Å². The standard InChI is InChI=1S/C13H22N2O2S/c1-13(2,9-6-10-14)11-15-18(16,17)12-7-4-3-5-8-12/h3-5,7-8,15H,6,9-11,14H2,1-2H3. The molecule has 0 heterocycles. The van der Waals surface area contributed by atoms with Gasteiger partial charge in [0.25, 0.3) is 0 Å². The van der Waals surface area contributed by atoms with Crippen molar-refractivity contribution in [1.82, 2.24) is 4.72 Å². The maximum absolute atomic E-state index is 12.0. The molecule has 0 bridgehead atoms. The van der Waals surface area contributed by atoms with E-state index >= 15 is 0 Å². The summed E-state index contributed by atoms with van der Waals surface area (Å²) < 4.78 is 26.7. The maximum Gasteiger partial charge on any atom is 0.240 e. The highest BCUT2D eigenvalue weighted by Crippen LogP contribution is 2.21. The summed E-state index contributed by atoms with van der Waals surface area (Å²) in [5.41, 5.74) is 5.39. The fourth-order valence-corrected chi connectivity index (χ4v) is 2.91. The van der Waals surface area contributed by atoms with Crippen LogP contribution in [-0.2, 0) is 10.0 Å². The molecule has 0 aromatic heterocycles. The molecule has 5 heteroatoms. The third-order valence-corrected chi connectivity index (χ3v) is 4.27. The predicted molar refractivity (Wildman–Crippen MR) is 73.7 cm³/mol. The number of rotatable bonds is 7. The number of hydrogen-bond acceptors (Lipinski definition) is 3. The Morgan fingerprint density at radius 2 is 1.83 bits per heavy atom. The van der Waals surface area contributed by atoms with Crippen molar-refractivity contribution < 1.29 is 8.42 Å². The summed E-state index contributed by atoms with van der Waals surface area (Å²) in [7, 11) is -3.40. The normalized spacial score (nSPS) is 12.6. The van der Waals surface area contributed by atoms with Gasteiger partial charge < -0.3 is 5.73 Å². The molecule has 1 aromatic rings. The third-order valence-electron chi connectivity index (χ3n) is 2.85. The van der Waals surface area contributed by atoms with Crippen molar-refractivity contribution in [2.45, 2.75) is 31.6 Å². The Bertz CT molecular complexity index is 455. The van der Waals surface area contributed by atoms with E-state index in [9.17, 15) is 8.42 Å². The molecule has 0 aliphatic rings. The quantitative estimate of drug-likeness (QED) is 0.792. The van der Waals surface area contributed by atoms with Crippen molar-refractivity contribution in [1.29, 1.82) is 0 Å². The van der Waals surface area contributed by atoms with Gasteiger partial charge >= 0.3 is 0 Å². The zero-order valence-corrected chi connectivity index (χ0v) is 11.8. The van der Waals surface area contributed by atoms with E-state index in [2.05, 4.69) is 4.72 Å². The van der Waals surface area contributed by atoms with Gasteiger partial charge in [0.15, 0.2) is 0 Å². The molecule has 0 fully saturated rings. The minimum Gasteiger partial charge on any atom is -0.330 e. The Kier molecular flexibility index (Phi) is 5.31. The number of hydrogen-bond donors (Lipinski definition) is 2. The molecular formula is C13H22N2O2S. The zero-order valence-electron chi connectivity index (χ0n) is 11.0. The van der Waals surface area contributed by atoms with Crippen LogP contribution in [0.2, 0.25) is 0 Å². The van der Waals surface area contributed by atoms with Crippen LogP contribution in [0.3, 0.4) is 0 Å². The van der Waals surface area contributed by atoms with Crippen molar-refractivity contribution in [2.75, 3.05) is 13.1 Å². The molecule has 1 rings (SSSR count). The Labute approximate surface area is 110 Å². The third kappa shape index (κ3) is 4.76. The highest BCUT2D eigenvalue weighted by atomic mass is 32.2. The first-order valence-corrected chi connectivity index (χ1v) is 7.60. The number of nitrogens with two attached hydrogens (primary N) is 1. The van der Waals surface area contributed by atoms with Gasteiger partial charge in [-0.25, -0.2) is 13.1 Å². The van der Waals surface area contributed by atoms with E-state index in [1.807, 2.05) is 13.8 Å². The lowest BCUT2D eigenvalue weighted by atomic mass is 9.88. The molecule has 1 aromatic carbocycles. The molecule has 0 radical (unpaired) electrons. The second-order valence-electron chi connectivity index (χ2n) is 5.19. The number of nitrogens with one attached hydrogen (secondary N) is 1. The fourth-order valence-electron chi connectivity index (χ4n) is 1.64. The Morgan fingerprint density at radius 1 is 1.22 bits per heavy atom. The average molecular weight is 270 g/mol. The van der Waals surface area contributed by atoms with Crippen LogP contribution in [0.4, 0.5) is 0 Å². The van der Waals surface area contributed by atoms with Crippen molar-refractivity contribution in [3.63, 3.8) is 0 Å². The average Bonchev–Trinajstić information content (AvgIpc) is 2.36. The summed E-state index contributed by atoms with van der Waals surface area (Å²) in [5, 5.41) is 0. The topological polar surface area (TPSA) is 72.2 Å². The molecule has 0 aliphatic carbocycles. The summed E-state index contributed by atoms with van der Waals surface area (Å²) in [6, 6.07) is 8.41. The van der Waals surface area contributed by atoms with E-state index in [1.165, 1.54) is 0 Å². The second kappa shape index (κ2) is 6.31. The minimum atomic E-state index is -3.40. The highest BCUT2D eigenvalue weighted by Gasteiger charge is 2.21. The highest BCUT2D eigenvalue weighted by molar-refractivity contribution is 7.89. The van der Waals surface area contributed by atoms with Crippen LogP contribution < -0.4 is 10.5 Å². The molecule has 0 aliphatic heterocycles. The monoisotopic (exact) mass is 270 g/mol. The lowest BCUT2D eigenvalue weighted by molar-refractivity contribution is 0.327. The van der Waals surface area contributed by atoms with Gasteiger partial charge in [0, 0.05) is 6.54 Å². The van der Waals surface area contributed by atoms with Crippen molar-refractivity contribution in [2.24, 2.45) is 11.1 Å². The van der Waals surface area contributed by atoms with Crippen molar-refractivity contribution in [3.05, 3.63) is 30.3 Å². The van der Waals surface area contributed by atoms with E-state index in [1.54, 1.807) is 30.3 Å². The van der Waals surface area contributed by atoms with Gasteiger partial charge in [-0.15, -0.1) is 0 Å². The van der Waals surface area contributed by atoms with Gasteiger partial charge in [-0.2, -0.15) is 0 Å². The Balaban J connectivity index is 2.63. The number of benzene rings is 1. The van der Waals surface area contributed by atoms with E-state index in [-0.39, 0.29) is 5.41 Å². The van der Waals surface area contributed by atoms with Crippen LogP contribution >= 0.6 is 0 Å². The number of sulfonamides is 1. The molecule has 0 saturated carbocycles. The van der Waals surface area contributed by atoms with Gasteiger partial charge in [0.1, 0.15) is 0 Å². The first-order chi connectivity index (χ1) is 8.37. The molecule has 3 N–H and O–H groups in total. The van der Waals surface area contributed by atoms with Crippen LogP contribution in [-0.4, -0.2) is 21.5 Å². The molecule has 0 unspecified atom stereocenters. The molecule has 0 amide bonds. The lowest BCUT2D eigenvalue weighted by Gasteiger charge is -2.24. The second-order valence-corrected chi connectivity index (χ2v) is 6.96. The van der Waals surface area contributed by atoms with Crippen LogP contribution in [0.1, 0.15) is 26.7 Å². The van der Waals surface area contributed by atoms with Gasteiger partial charge in [0.2, 0.25) is 10.0 Å². The molecule has 0 saturated heterocycles. The molecule has 4 nitrogen and oxygen atoms in total. The molecule has 0 atom stereocenters. The summed E-state index contributed by atoms with van der Waals surface area (Å²) in [6.07, 6.45) is 1.81.